The van der Waals surface area contributed by atoms with E-state index in [9.17, 15) is 0 Å². The van der Waals surface area contributed by atoms with Crippen molar-refractivity contribution in [3.63, 3.8) is 0 Å². The van der Waals surface area contributed by atoms with Crippen LogP contribution in [0.4, 0.5) is 5.69 Å². The molecule has 1 aliphatic heterocycles. The second-order valence-electron chi connectivity index (χ2n) is 5.05. The van der Waals surface area contributed by atoms with Crippen LogP contribution in [0.15, 0.2) is 42.5 Å². The van der Waals surface area contributed by atoms with Crippen LogP contribution >= 0.6 is 0 Å². The Hall–Kier alpha value is -1.96. The number of hydrogen-bond acceptors (Lipinski definition) is 2. The molecule has 0 radical (unpaired) electrons. The molecule has 2 aromatic carbocycles. The minimum Gasteiger partial charge on any atom is -0.497 e. The van der Waals surface area contributed by atoms with Gasteiger partial charge in [0, 0.05) is 12.2 Å². The smallest absolute Gasteiger partial charge is 0.118 e. The topological polar surface area (TPSA) is 21.3 Å². The van der Waals surface area contributed by atoms with Crippen LogP contribution in [0.2, 0.25) is 0 Å². The number of fused-ring (bicyclic) bond motifs is 1. The molecular weight excluding hydrogens is 234 g/mol. The van der Waals surface area contributed by atoms with E-state index in [1.807, 2.05) is 12.1 Å². The van der Waals surface area contributed by atoms with Crippen LogP contribution in [0.3, 0.4) is 0 Å². The molecule has 0 unspecified atom stereocenters. The number of methoxy groups -OCH3 is 1. The van der Waals surface area contributed by atoms with Crippen molar-refractivity contribution in [3.05, 3.63) is 59.2 Å². The highest BCUT2D eigenvalue weighted by atomic mass is 16.5. The first kappa shape index (κ1) is 12.1. The Kier molecular flexibility index (Phi) is 3.41. The van der Waals surface area contributed by atoms with Gasteiger partial charge in [-0.05, 0) is 54.2 Å². The Morgan fingerprint density at radius 1 is 1.05 bits per heavy atom. The van der Waals surface area contributed by atoms with E-state index >= 15 is 0 Å². The molecule has 0 atom stereocenters. The molecule has 1 aliphatic rings. The van der Waals surface area contributed by atoms with Gasteiger partial charge in [-0.25, -0.2) is 0 Å². The maximum absolute atomic E-state index is 5.19. The van der Waals surface area contributed by atoms with Crippen molar-refractivity contribution in [1.82, 2.24) is 0 Å². The van der Waals surface area contributed by atoms with Crippen molar-refractivity contribution >= 4 is 5.69 Å². The van der Waals surface area contributed by atoms with E-state index in [4.69, 9.17) is 4.74 Å². The molecule has 0 amide bonds. The van der Waals surface area contributed by atoms with Crippen LogP contribution in [0, 0.1) is 0 Å². The van der Waals surface area contributed by atoms with Crippen molar-refractivity contribution in [3.8, 4) is 5.75 Å². The molecule has 19 heavy (non-hydrogen) atoms. The van der Waals surface area contributed by atoms with Gasteiger partial charge in [0.25, 0.3) is 0 Å². The molecule has 1 N–H and O–H groups in total. The fourth-order valence-corrected chi connectivity index (χ4v) is 2.62. The molecule has 0 bridgehead atoms. The molecule has 98 valence electrons. The average Bonchev–Trinajstić information content (AvgIpc) is 2.48. The van der Waals surface area contributed by atoms with E-state index in [2.05, 4.69) is 35.6 Å². The predicted molar refractivity (Wildman–Crippen MR) is 79.1 cm³/mol. The van der Waals surface area contributed by atoms with E-state index < -0.39 is 0 Å². The van der Waals surface area contributed by atoms with Crippen molar-refractivity contribution in [1.29, 1.82) is 0 Å². The Morgan fingerprint density at radius 2 is 1.84 bits per heavy atom. The van der Waals surface area contributed by atoms with Gasteiger partial charge in [0.15, 0.2) is 0 Å². The first-order chi connectivity index (χ1) is 9.35. The van der Waals surface area contributed by atoms with Gasteiger partial charge in [0.2, 0.25) is 0 Å². The minimum absolute atomic E-state index is 0.915. The normalized spacial score (nSPS) is 13.5. The van der Waals surface area contributed by atoms with Gasteiger partial charge in [-0.15, -0.1) is 0 Å². The van der Waals surface area contributed by atoms with Gasteiger partial charge >= 0.3 is 0 Å². The molecule has 0 spiro atoms. The lowest BCUT2D eigenvalue weighted by Crippen LogP contribution is -2.11. The van der Waals surface area contributed by atoms with Crippen LogP contribution in [0.1, 0.15) is 23.1 Å². The van der Waals surface area contributed by atoms with Crippen LogP contribution in [0.5, 0.6) is 5.75 Å². The SMILES string of the molecule is COc1ccc(Cc2ccc3c(c2)CCCN3)cc1. The van der Waals surface area contributed by atoms with Crippen molar-refractivity contribution < 1.29 is 4.74 Å². The van der Waals surface area contributed by atoms with Gasteiger partial charge in [-0.3, -0.25) is 0 Å². The standard InChI is InChI=1S/C17H19NO/c1-19-16-7-4-13(5-8-16)11-14-6-9-17-15(12-14)3-2-10-18-17/h4-9,12,18H,2-3,10-11H2,1H3. The molecule has 3 rings (SSSR count). The third kappa shape index (κ3) is 2.73. The summed E-state index contributed by atoms with van der Waals surface area (Å²) in [5, 5.41) is 3.45. The molecule has 1 heterocycles. The summed E-state index contributed by atoms with van der Waals surface area (Å²) < 4.78 is 5.19. The molecule has 0 saturated carbocycles. The van der Waals surface area contributed by atoms with Crippen molar-refractivity contribution in [2.75, 3.05) is 19.0 Å². The molecule has 0 aliphatic carbocycles. The van der Waals surface area contributed by atoms with E-state index in [1.165, 1.54) is 35.2 Å². The number of nitrogens with one attached hydrogen (secondary N) is 1. The first-order valence-electron chi connectivity index (χ1n) is 6.84. The van der Waals surface area contributed by atoms with Crippen LogP contribution in [-0.4, -0.2) is 13.7 Å². The largest absolute Gasteiger partial charge is 0.497 e. The Labute approximate surface area is 114 Å². The third-order valence-corrected chi connectivity index (χ3v) is 3.68. The number of aryl methyl sites for hydroxylation is 1. The van der Waals surface area contributed by atoms with Crippen LogP contribution in [0.25, 0.3) is 0 Å². The second-order valence-corrected chi connectivity index (χ2v) is 5.05. The number of anilines is 1. The minimum atomic E-state index is 0.915. The van der Waals surface area contributed by atoms with Crippen molar-refractivity contribution in [2.45, 2.75) is 19.3 Å². The van der Waals surface area contributed by atoms with Gasteiger partial charge in [0.1, 0.15) is 5.75 Å². The number of hydrogen-bond donors (Lipinski definition) is 1. The summed E-state index contributed by atoms with van der Waals surface area (Å²) in [4.78, 5) is 0. The second kappa shape index (κ2) is 5.35. The molecule has 2 nitrogen and oxygen atoms in total. The van der Waals surface area contributed by atoms with E-state index in [0.29, 0.717) is 0 Å². The van der Waals surface area contributed by atoms with Crippen molar-refractivity contribution in [2.24, 2.45) is 0 Å². The summed E-state index contributed by atoms with van der Waals surface area (Å²) in [6.45, 7) is 1.10. The lowest BCUT2D eigenvalue weighted by atomic mass is 9.97. The highest BCUT2D eigenvalue weighted by Gasteiger charge is 2.08. The maximum Gasteiger partial charge on any atom is 0.118 e. The Bertz CT molecular complexity index is 560. The molecule has 2 aromatic rings. The highest BCUT2D eigenvalue weighted by Crippen LogP contribution is 2.24. The summed E-state index contributed by atoms with van der Waals surface area (Å²) in [6, 6.07) is 15.1. The van der Waals surface area contributed by atoms with Gasteiger partial charge < -0.3 is 10.1 Å². The summed E-state index contributed by atoms with van der Waals surface area (Å²) in [6.07, 6.45) is 3.41. The number of benzene rings is 2. The summed E-state index contributed by atoms with van der Waals surface area (Å²) in [5.74, 6) is 0.915. The highest BCUT2D eigenvalue weighted by molar-refractivity contribution is 5.54. The zero-order valence-electron chi connectivity index (χ0n) is 11.3. The monoisotopic (exact) mass is 253 g/mol. The summed E-state index contributed by atoms with van der Waals surface area (Å²) in [5.41, 5.74) is 5.47. The lowest BCUT2D eigenvalue weighted by molar-refractivity contribution is 0.414. The Balaban J connectivity index is 1.78. The van der Waals surface area contributed by atoms with Crippen LogP contribution in [-0.2, 0) is 12.8 Å². The first-order valence-corrected chi connectivity index (χ1v) is 6.84. The summed E-state index contributed by atoms with van der Waals surface area (Å²) >= 11 is 0. The molecule has 0 fully saturated rings. The third-order valence-electron chi connectivity index (χ3n) is 3.68. The number of rotatable bonds is 3. The van der Waals surface area contributed by atoms with Gasteiger partial charge in [-0.2, -0.15) is 0 Å². The predicted octanol–water partition coefficient (Wildman–Crippen LogP) is 3.64. The number of ether oxygens (including phenoxy) is 1. The van der Waals surface area contributed by atoms with Gasteiger partial charge in [0.05, 0.1) is 7.11 Å². The van der Waals surface area contributed by atoms with E-state index in [0.717, 1.165) is 18.7 Å². The lowest BCUT2D eigenvalue weighted by Gasteiger charge is -2.18. The zero-order chi connectivity index (χ0) is 13.1. The van der Waals surface area contributed by atoms with Gasteiger partial charge in [-0.1, -0.05) is 24.3 Å². The van der Waals surface area contributed by atoms with Crippen LogP contribution < -0.4 is 10.1 Å². The quantitative estimate of drug-likeness (QED) is 0.901. The Morgan fingerprint density at radius 3 is 2.63 bits per heavy atom. The molecular formula is C17H19NO. The molecule has 2 heteroatoms. The maximum atomic E-state index is 5.19. The molecule has 0 saturated heterocycles. The summed E-state index contributed by atoms with van der Waals surface area (Å²) in [7, 11) is 1.70. The zero-order valence-corrected chi connectivity index (χ0v) is 11.3. The van der Waals surface area contributed by atoms with E-state index in [-0.39, 0.29) is 0 Å². The average molecular weight is 253 g/mol. The van der Waals surface area contributed by atoms with E-state index in [1.54, 1.807) is 7.11 Å². The fourth-order valence-electron chi connectivity index (χ4n) is 2.62. The fraction of sp³-hybridized carbons (Fsp3) is 0.294. The molecule has 0 aromatic heterocycles.